The highest BCUT2D eigenvalue weighted by atomic mass is 35.5. The zero-order valence-electron chi connectivity index (χ0n) is 31.2. The van der Waals surface area contributed by atoms with Crippen LogP contribution in [0.2, 0.25) is 10.0 Å². The molecule has 0 spiro atoms. The lowest BCUT2D eigenvalue weighted by atomic mass is 9.93. The van der Waals surface area contributed by atoms with Crippen LogP contribution in [0, 0.1) is 0 Å². The molecule has 0 saturated heterocycles. The Kier molecular flexibility index (Phi) is 12.1. The molecule has 0 bridgehead atoms. The Morgan fingerprint density at radius 3 is 1.80 bits per heavy atom. The van der Waals surface area contributed by atoms with Gasteiger partial charge in [0.2, 0.25) is 0 Å². The van der Waals surface area contributed by atoms with Gasteiger partial charge in [0.05, 0.1) is 12.2 Å². The van der Waals surface area contributed by atoms with Crippen molar-refractivity contribution in [1.29, 1.82) is 0 Å². The number of hydrogen-bond donors (Lipinski definition) is 1. The molecule has 1 saturated carbocycles. The average Bonchev–Trinajstić information content (AvgIpc) is 3.81. The van der Waals surface area contributed by atoms with Gasteiger partial charge in [-0.3, -0.25) is 9.59 Å². The summed E-state index contributed by atoms with van der Waals surface area (Å²) in [5.41, 5.74) is 5.65. The molecule has 5 aromatic carbocycles. The van der Waals surface area contributed by atoms with Crippen LogP contribution in [-0.2, 0) is 21.1 Å². The van der Waals surface area contributed by atoms with Gasteiger partial charge in [-0.1, -0.05) is 128 Å². The van der Waals surface area contributed by atoms with E-state index in [1.807, 2.05) is 94.7 Å². The van der Waals surface area contributed by atoms with E-state index < -0.39 is 10.6 Å². The van der Waals surface area contributed by atoms with Gasteiger partial charge >= 0.3 is 0 Å². The molecule has 4 atom stereocenters. The van der Waals surface area contributed by atoms with E-state index in [1.165, 1.54) is 5.56 Å². The summed E-state index contributed by atoms with van der Waals surface area (Å²) in [4.78, 5) is 29.9. The number of carbonyl (C=O) groups excluding carboxylic acids is 2. The van der Waals surface area contributed by atoms with Gasteiger partial charge in [0, 0.05) is 56.7 Å². The van der Waals surface area contributed by atoms with Crippen molar-refractivity contribution >= 4 is 46.8 Å². The minimum absolute atomic E-state index is 0.0130. The van der Waals surface area contributed by atoms with Crippen LogP contribution < -0.4 is 0 Å². The summed E-state index contributed by atoms with van der Waals surface area (Å²) in [6.45, 7) is 5.47. The van der Waals surface area contributed by atoms with Crippen LogP contribution in [0.1, 0.15) is 94.5 Å². The fraction of sp³-hybridized carbons (Fsp3) is 0.304. The molecule has 6 nitrogen and oxygen atoms in total. The second-order valence-corrected chi connectivity index (χ2v) is 16.3. The van der Waals surface area contributed by atoms with Crippen molar-refractivity contribution in [3.8, 4) is 0 Å². The SMILES string of the molecule is CCCN1C(=O)c2ccccc2C1(OC1CCC(O)C1)c1ccc(Cl)cc1.CCCN1C(=O)c2ccccc2C1(SCc1ccccc1)c1ccc(Cl)cc1. The van der Waals surface area contributed by atoms with Gasteiger partial charge < -0.3 is 19.6 Å². The largest absolute Gasteiger partial charge is 0.393 e. The van der Waals surface area contributed by atoms with Crippen molar-refractivity contribution in [2.75, 3.05) is 13.1 Å². The fourth-order valence-electron chi connectivity index (χ4n) is 8.20. The number of halogens is 2. The zero-order chi connectivity index (χ0) is 38.6. The molecule has 284 valence electrons. The maximum absolute atomic E-state index is 13.3. The predicted octanol–water partition coefficient (Wildman–Crippen LogP) is 10.7. The molecule has 2 heterocycles. The van der Waals surface area contributed by atoms with Gasteiger partial charge in [-0.05, 0) is 79.6 Å². The van der Waals surface area contributed by atoms with Gasteiger partial charge in [0.15, 0.2) is 5.72 Å². The standard InChI is InChI=1S/C24H22ClNOS.C22H24ClNO3/c1-2-16-26-23(27)21-10-6-7-11-22(21)24(26,19-12-14-20(25)15-13-19)28-17-18-8-4-3-5-9-18;1-2-13-24-21(26)19-5-3-4-6-20(19)22(24,15-7-9-16(23)10-8-15)27-18-12-11-17(25)14-18/h3-15H,2,16-17H2,1H3;3-10,17-18,25H,2,11-14H2,1H3. The molecule has 5 aromatic rings. The number of fused-ring (bicyclic) bond motifs is 2. The summed E-state index contributed by atoms with van der Waals surface area (Å²) in [6.07, 6.45) is 3.38. The molecule has 1 N–H and O–H groups in total. The summed E-state index contributed by atoms with van der Waals surface area (Å²) in [7, 11) is 0. The number of ether oxygens (including phenoxy) is 1. The molecule has 55 heavy (non-hydrogen) atoms. The Morgan fingerprint density at radius 1 is 0.673 bits per heavy atom. The van der Waals surface area contributed by atoms with Crippen molar-refractivity contribution in [2.24, 2.45) is 0 Å². The zero-order valence-corrected chi connectivity index (χ0v) is 33.5. The summed E-state index contributed by atoms with van der Waals surface area (Å²) in [5, 5.41) is 11.3. The number of carbonyl (C=O) groups is 2. The second kappa shape index (κ2) is 16.9. The van der Waals surface area contributed by atoms with Crippen LogP contribution in [0.25, 0.3) is 0 Å². The van der Waals surface area contributed by atoms with E-state index in [1.54, 1.807) is 11.8 Å². The first-order chi connectivity index (χ1) is 26.7. The van der Waals surface area contributed by atoms with E-state index in [0.717, 1.165) is 59.3 Å². The van der Waals surface area contributed by atoms with Crippen LogP contribution in [0.4, 0.5) is 0 Å². The van der Waals surface area contributed by atoms with Gasteiger partial charge in [-0.15, -0.1) is 11.8 Å². The van der Waals surface area contributed by atoms with E-state index in [-0.39, 0.29) is 24.0 Å². The first kappa shape index (κ1) is 39.1. The monoisotopic (exact) mass is 792 g/mol. The Bertz CT molecular complexity index is 2120. The number of thioether (sulfide) groups is 1. The number of amides is 2. The Balaban J connectivity index is 0.000000169. The van der Waals surface area contributed by atoms with Crippen LogP contribution in [0.5, 0.6) is 0 Å². The van der Waals surface area contributed by atoms with E-state index in [0.29, 0.717) is 35.1 Å². The Morgan fingerprint density at radius 2 is 1.20 bits per heavy atom. The van der Waals surface area contributed by atoms with Gasteiger partial charge in [0.25, 0.3) is 11.8 Å². The summed E-state index contributed by atoms with van der Waals surface area (Å²) in [5.74, 6) is 0.902. The van der Waals surface area contributed by atoms with Crippen LogP contribution in [0.3, 0.4) is 0 Å². The lowest BCUT2D eigenvalue weighted by Gasteiger charge is -2.41. The third-order valence-corrected chi connectivity index (χ3v) is 12.7. The molecule has 2 amide bonds. The number of rotatable bonds is 11. The van der Waals surface area contributed by atoms with Gasteiger partial charge in [-0.25, -0.2) is 0 Å². The van der Waals surface area contributed by atoms with E-state index in [2.05, 4.69) is 56.3 Å². The Labute approximate surface area is 338 Å². The molecular weight excluding hydrogens is 747 g/mol. The summed E-state index contributed by atoms with van der Waals surface area (Å²) in [6, 6.07) is 41.6. The first-order valence-electron chi connectivity index (χ1n) is 19.1. The van der Waals surface area contributed by atoms with Crippen molar-refractivity contribution in [2.45, 2.75) is 74.5 Å². The van der Waals surface area contributed by atoms with Crippen molar-refractivity contribution in [1.82, 2.24) is 9.80 Å². The van der Waals surface area contributed by atoms with Crippen molar-refractivity contribution in [3.63, 3.8) is 0 Å². The maximum atomic E-state index is 13.3. The molecule has 3 aliphatic rings. The van der Waals surface area contributed by atoms with E-state index in [9.17, 15) is 14.7 Å². The molecule has 1 fully saturated rings. The molecule has 8 rings (SSSR count). The molecule has 0 radical (unpaired) electrons. The van der Waals surface area contributed by atoms with Crippen molar-refractivity contribution in [3.05, 3.63) is 176 Å². The lowest BCUT2D eigenvalue weighted by Crippen LogP contribution is -2.49. The highest BCUT2D eigenvalue weighted by Crippen LogP contribution is 2.53. The Hall–Kier alpha value is -4.11. The topological polar surface area (TPSA) is 70.1 Å². The average molecular weight is 794 g/mol. The number of aliphatic hydroxyl groups is 1. The molecule has 4 unspecified atom stereocenters. The highest BCUT2D eigenvalue weighted by molar-refractivity contribution is 7.99. The first-order valence-corrected chi connectivity index (χ1v) is 20.9. The second-order valence-electron chi connectivity index (χ2n) is 14.3. The van der Waals surface area contributed by atoms with Crippen LogP contribution >= 0.6 is 35.0 Å². The summed E-state index contributed by atoms with van der Waals surface area (Å²) >= 11 is 14.1. The van der Waals surface area contributed by atoms with Crippen LogP contribution in [-0.4, -0.2) is 52.0 Å². The minimum atomic E-state index is -0.983. The van der Waals surface area contributed by atoms with Crippen LogP contribution in [0.15, 0.2) is 127 Å². The number of hydrogen-bond acceptors (Lipinski definition) is 5. The van der Waals surface area contributed by atoms with Gasteiger partial charge in [-0.2, -0.15) is 0 Å². The van der Waals surface area contributed by atoms with Gasteiger partial charge in [0.1, 0.15) is 4.87 Å². The number of aliphatic hydroxyl groups excluding tert-OH is 1. The molecule has 1 aliphatic carbocycles. The molecule has 2 aliphatic heterocycles. The molecular formula is C46H46Cl2N2O4S. The van der Waals surface area contributed by atoms with Crippen molar-refractivity contribution < 1.29 is 19.4 Å². The maximum Gasteiger partial charge on any atom is 0.257 e. The normalized spacial score (nSPS) is 22.7. The minimum Gasteiger partial charge on any atom is -0.393 e. The molecule has 9 heteroatoms. The third kappa shape index (κ3) is 7.45. The smallest absolute Gasteiger partial charge is 0.257 e. The fourth-order valence-corrected chi connectivity index (χ4v) is 9.99. The number of benzene rings is 5. The number of nitrogens with zero attached hydrogens (tertiary/aromatic N) is 2. The quantitative estimate of drug-likeness (QED) is 0.144. The predicted molar refractivity (Wildman–Crippen MR) is 222 cm³/mol. The molecule has 0 aromatic heterocycles. The highest BCUT2D eigenvalue weighted by Gasteiger charge is 2.54. The summed E-state index contributed by atoms with van der Waals surface area (Å²) < 4.78 is 6.72. The lowest BCUT2D eigenvalue weighted by molar-refractivity contribution is -0.144. The van der Waals surface area contributed by atoms with E-state index >= 15 is 0 Å². The van der Waals surface area contributed by atoms with E-state index in [4.69, 9.17) is 27.9 Å². The third-order valence-electron chi connectivity index (χ3n) is 10.6.